The number of amides is 1. The van der Waals surface area contributed by atoms with Crippen molar-refractivity contribution in [3.63, 3.8) is 0 Å². The number of aromatic nitrogens is 1. The molecule has 0 saturated heterocycles. The molecule has 1 aromatic carbocycles. The Bertz CT molecular complexity index is 566. The average Bonchev–Trinajstić information content (AvgIpc) is 2.88. The van der Waals surface area contributed by atoms with Gasteiger partial charge in [-0.05, 0) is 17.9 Å². The Morgan fingerprint density at radius 3 is 2.65 bits per heavy atom. The summed E-state index contributed by atoms with van der Waals surface area (Å²) in [6.07, 6.45) is 0.609. The number of rotatable bonds is 5. The Labute approximate surface area is 128 Å². The van der Waals surface area contributed by atoms with Gasteiger partial charge in [0.15, 0.2) is 5.13 Å². The molecule has 1 N–H and O–H groups in total. The summed E-state index contributed by atoms with van der Waals surface area (Å²) in [4.78, 5) is 16.5. The molecule has 106 valence electrons. The van der Waals surface area contributed by atoms with E-state index in [-0.39, 0.29) is 11.2 Å². The molecule has 1 heterocycles. The molecule has 1 unspecified atom stereocenters. The Kier molecular flexibility index (Phi) is 5.20. The number of hydrogen-bond donors (Lipinski definition) is 2. The molecule has 20 heavy (non-hydrogen) atoms. The number of carbonyl (C=O) groups excluding carboxylic acids is 1. The smallest absolute Gasteiger partial charge is 0.239 e. The summed E-state index contributed by atoms with van der Waals surface area (Å²) in [6, 6.07) is 9.88. The van der Waals surface area contributed by atoms with Crippen molar-refractivity contribution in [1.29, 1.82) is 0 Å². The second kappa shape index (κ2) is 6.90. The summed E-state index contributed by atoms with van der Waals surface area (Å²) in [6.45, 7) is 4.16. The van der Waals surface area contributed by atoms with Crippen LogP contribution in [0.4, 0.5) is 5.13 Å². The summed E-state index contributed by atoms with van der Waals surface area (Å²) >= 11 is 5.83. The lowest BCUT2D eigenvalue weighted by atomic mass is 10.1. The van der Waals surface area contributed by atoms with Crippen LogP contribution < -0.4 is 5.32 Å². The predicted octanol–water partition coefficient (Wildman–Crippen LogP) is 3.75. The molecule has 2 aromatic rings. The highest BCUT2D eigenvalue weighted by Gasteiger charge is 2.16. The van der Waals surface area contributed by atoms with Crippen molar-refractivity contribution in [3.8, 4) is 0 Å². The lowest BCUT2D eigenvalue weighted by Gasteiger charge is -2.10. The molecular formula is C15H18N2OS2. The largest absolute Gasteiger partial charge is 0.301 e. The van der Waals surface area contributed by atoms with Crippen LogP contribution in [0, 0.1) is 0 Å². The maximum Gasteiger partial charge on any atom is 0.239 e. The summed E-state index contributed by atoms with van der Waals surface area (Å²) in [7, 11) is 0. The second-order valence-corrected chi connectivity index (χ2v) is 6.41. The Morgan fingerprint density at radius 1 is 1.35 bits per heavy atom. The number of benzene rings is 1. The van der Waals surface area contributed by atoms with Crippen LogP contribution in [0.25, 0.3) is 0 Å². The zero-order chi connectivity index (χ0) is 14.5. The lowest BCUT2D eigenvalue weighted by Crippen LogP contribution is -2.25. The Hall–Kier alpha value is -1.33. The molecule has 0 radical (unpaired) electrons. The first-order valence-electron chi connectivity index (χ1n) is 6.54. The highest BCUT2D eigenvalue weighted by atomic mass is 32.1. The first-order valence-corrected chi connectivity index (χ1v) is 7.94. The first-order chi connectivity index (χ1) is 9.56. The fourth-order valence-corrected chi connectivity index (χ4v) is 2.88. The van der Waals surface area contributed by atoms with Gasteiger partial charge in [0, 0.05) is 5.38 Å². The summed E-state index contributed by atoms with van der Waals surface area (Å²) in [5.74, 6) is 0.259. The quantitative estimate of drug-likeness (QED) is 0.826. The van der Waals surface area contributed by atoms with Crippen LogP contribution in [0.3, 0.4) is 0 Å². The number of anilines is 1. The second-order valence-electron chi connectivity index (χ2n) is 4.93. The van der Waals surface area contributed by atoms with Crippen molar-refractivity contribution in [2.75, 3.05) is 5.32 Å². The summed E-state index contributed by atoms with van der Waals surface area (Å²) in [5.41, 5.74) is 2.11. The van der Waals surface area contributed by atoms with Crippen LogP contribution in [-0.4, -0.2) is 16.1 Å². The zero-order valence-electron chi connectivity index (χ0n) is 11.5. The monoisotopic (exact) mass is 306 g/mol. The fraction of sp³-hybridized carbons (Fsp3) is 0.333. The molecule has 1 aromatic heterocycles. The van der Waals surface area contributed by atoms with Crippen LogP contribution in [-0.2, 0) is 11.2 Å². The average molecular weight is 306 g/mol. The SMILES string of the molecule is CC(C)c1csc(NC(=O)C(S)Cc2ccccc2)n1. The van der Waals surface area contributed by atoms with E-state index in [1.807, 2.05) is 35.7 Å². The highest BCUT2D eigenvalue weighted by Crippen LogP contribution is 2.22. The maximum atomic E-state index is 12.1. The van der Waals surface area contributed by atoms with Gasteiger partial charge in [0.1, 0.15) is 0 Å². The van der Waals surface area contributed by atoms with Gasteiger partial charge in [-0.1, -0.05) is 44.2 Å². The van der Waals surface area contributed by atoms with Crippen molar-refractivity contribution < 1.29 is 4.79 Å². The van der Waals surface area contributed by atoms with Gasteiger partial charge in [0.25, 0.3) is 0 Å². The zero-order valence-corrected chi connectivity index (χ0v) is 13.2. The number of thiazole rings is 1. The molecule has 0 fully saturated rings. The van der Waals surface area contributed by atoms with Crippen LogP contribution in [0.1, 0.15) is 31.0 Å². The van der Waals surface area contributed by atoms with E-state index in [1.165, 1.54) is 11.3 Å². The molecule has 2 rings (SSSR count). The minimum atomic E-state index is -0.371. The predicted molar refractivity (Wildman–Crippen MR) is 87.8 cm³/mol. The summed E-state index contributed by atoms with van der Waals surface area (Å²) in [5, 5.41) is 5.08. The number of nitrogens with one attached hydrogen (secondary N) is 1. The van der Waals surface area contributed by atoms with Gasteiger partial charge in [0.2, 0.25) is 5.91 Å². The molecule has 0 saturated carbocycles. The van der Waals surface area contributed by atoms with Gasteiger partial charge in [-0.2, -0.15) is 12.6 Å². The number of carbonyl (C=O) groups is 1. The van der Waals surface area contributed by atoms with E-state index < -0.39 is 0 Å². The third-order valence-corrected chi connectivity index (χ3v) is 4.11. The molecule has 1 atom stereocenters. The molecular weight excluding hydrogens is 288 g/mol. The maximum absolute atomic E-state index is 12.1. The van der Waals surface area contributed by atoms with E-state index in [9.17, 15) is 4.79 Å². The van der Waals surface area contributed by atoms with Crippen molar-refractivity contribution >= 4 is 35.0 Å². The van der Waals surface area contributed by atoms with Crippen LogP contribution in [0.2, 0.25) is 0 Å². The van der Waals surface area contributed by atoms with E-state index in [1.54, 1.807) is 0 Å². The van der Waals surface area contributed by atoms with Crippen LogP contribution in [0.15, 0.2) is 35.7 Å². The lowest BCUT2D eigenvalue weighted by molar-refractivity contribution is -0.115. The molecule has 3 nitrogen and oxygen atoms in total. The van der Waals surface area contributed by atoms with E-state index >= 15 is 0 Å². The summed E-state index contributed by atoms with van der Waals surface area (Å²) < 4.78 is 0. The van der Waals surface area contributed by atoms with Crippen LogP contribution in [0.5, 0.6) is 0 Å². The van der Waals surface area contributed by atoms with Gasteiger partial charge in [-0.3, -0.25) is 4.79 Å². The third kappa shape index (κ3) is 4.08. The Balaban J connectivity index is 1.93. The normalized spacial score (nSPS) is 12.4. The fourth-order valence-electron chi connectivity index (χ4n) is 1.73. The van der Waals surface area contributed by atoms with Crippen molar-refractivity contribution in [3.05, 3.63) is 47.0 Å². The topological polar surface area (TPSA) is 42.0 Å². The van der Waals surface area contributed by atoms with E-state index in [2.05, 4.69) is 36.8 Å². The molecule has 0 aliphatic carbocycles. The van der Waals surface area contributed by atoms with Gasteiger partial charge in [-0.15, -0.1) is 11.3 Å². The highest BCUT2D eigenvalue weighted by molar-refractivity contribution is 7.81. The number of nitrogens with zero attached hydrogens (tertiary/aromatic N) is 1. The van der Waals surface area contributed by atoms with Crippen molar-refractivity contribution in [1.82, 2.24) is 4.98 Å². The molecule has 0 aliphatic rings. The van der Waals surface area contributed by atoms with Gasteiger partial charge >= 0.3 is 0 Å². The van der Waals surface area contributed by atoms with Crippen molar-refractivity contribution in [2.45, 2.75) is 31.4 Å². The van der Waals surface area contributed by atoms with Gasteiger partial charge in [-0.25, -0.2) is 4.98 Å². The third-order valence-electron chi connectivity index (χ3n) is 2.92. The molecule has 5 heteroatoms. The molecule has 0 spiro atoms. The minimum Gasteiger partial charge on any atom is -0.301 e. The Morgan fingerprint density at radius 2 is 2.05 bits per heavy atom. The van der Waals surface area contributed by atoms with Crippen molar-refractivity contribution in [2.24, 2.45) is 0 Å². The van der Waals surface area contributed by atoms with Gasteiger partial charge in [0.05, 0.1) is 10.9 Å². The van der Waals surface area contributed by atoms with E-state index in [0.29, 0.717) is 17.5 Å². The number of hydrogen-bond acceptors (Lipinski definition) is 4. The molecule has 0 bridgehead atoms. The standard InChI is InChI=1S/C15H18N2OS2/c1-10(2)12-9-20-15(16-12)17-14(18)13(19)8-11-6-4-3-5-7-11/h3-7,9-10,13,19H,8H2,1-2H3,(H,16,17,18). The van der Waals surface area contributed by atoms with E-state index in [4.69, 9.17) is 0 Å². The minimum absolute atomic E-state index is 0.109. The molecule has 0 aliphatic heterocycles. The van der Waals surface area contributed by atoms with Gasteiger partial charge < -0.3 is 5.32 Å². The van der Waals surface area contributed by atoms with Crippen LogP contribution >= 0.6 is 24.0 Å². The molecule has 1 amide bonds. The van der Waals surface area contributed by atoms with E-state index in [0.717, 1.165) is 11.3 Å². The first kappa shape index (κ1) is 15.1. The number of thiol groups is 1.